The molecule has 0 spiro atoms. The Labute approximate surface area is 187 Å². The number of aliphatic imine (C=N–C) groups is 1. The molecule has 0 aliphatic carbocycles. The number of aromatic nitrogens is 3. The van der Waals surface area contributed by atoms with E-state index in [9.17, 15) is 0 Å². The van der Waals surface area contributed by atoms with Crippen molar-refractivity contribution < 1.29 is 9.47 Å². The highest BCUT2D eigenvalue weighted by atomic mass is 127. The summed E-state index contributed by atoms with van der Waals surface area (Å²) in [7, 11) is 3.38. The second-order valence-corrected chi connectivity index (χ2v) is 5.87. The first-order valence-corrected chi connectivity index (χ1v) is 8.93. The Balaban J connectivity index is 0.00000300. The number of hydrogen-bond acceptors (Lipinski definition) is 5. The van der Waals surface area contributed by atoms with Gasteiger partial charge in [-0.2, -0.15) is 0 Å². The number of guanidine groups is 1. The molecule has 2 heterocycles. The minimum atomic E-state index is 0. The Kier molecular flexibility index (Phi) is 9.22. The van der Waals surface area contributed by atoms with Gasteiger partial charge in [0, 0.05) is 32.2 Å². The van der Waals surface area contributed by atoms with E-state index < -0.39 is 0 Å². The van der Waals surface area contributed by atoms with Gasteiger partial charge in [0.1, 0.15) is 30.3 Å². The SMILES string of the molecule is CN=C(NCCOc1ccc(OC)cc1)NCc1ccc(-n2ccnc2)nc1.I. The molecule has 8 nitrogen and oxygen atoms in total. The van der Waals surface area contributed by atoms with Gasteiger partial charge in [-0.25, -0.2) is 9.97 Å². The summed E-state index contributed by atoms with van der Waals surface area (Å²) in [6.45, 7) is 1.77. The number of imidazole rings is 1. The van der Waals surface area contributed by atoms with E-state index in [2.05, 4.69) is 25.6 Å². The zero-order chi connectivity index (χ0) is 19.6. The van der Waals surface area contributed by atoms with Crippen LogP contribution in [0.15, 0.2) is 66.3 Å². The monoisotopic (exact) mass is 508 g/mol. The summed E-state index contributed by atoms with van der Waals surface area (Å²) in [5.41, 5.74) is 1.06. The lowest BCUT2D eigenvalue weighted by Crippen LogP contribution is -2.38. The molecular formula is C20H25IN6O2. The fourth-order valence-corrected chi connectivity index (χ4v) is 2.49. The number of nitrogens with zero attached hydrogens (tertiary/aromatic N) is 4. The van der Waals surface area contributed by atoms with Crippen molar-refractivity contribution in [3.8, 4) is 17.3 Å². The summed E-state index contributed by atoms with van der Waals surface area (Å²) < 4.78 is 12.7. The Bertz CT molecular complexity index is 867. The van der Waals surface area contributed by atoms with E-state index in [4.69, 9.17) is 9.47 Å². The molecule has 29 heavy (non-hydrogen) atoms. The topological polar surface area (TPSA) is 85.6 Å². The molecule has 0 aliphatic rings. The number of halogens is 1. The molecule has 0 saturated heterocycles. The van der Waals surface area contributed by atoms with Gasteiger partial charge in [0.25, 0.3) is 0 Å². The first-order valence-electron chi connectivity index (χ1n) is 8.93. The third kappa shape index (κ3) is 6.93. The van der Waals surface area contributed by atoms with E-state index in [1.807, 2.05) is 53.4 Å². The lowest BCUT2D eigenvalue weighted by Gasteiger charge is -2.13. The first kappa shape index (κ1) is 22.5. The summed E-state index contributed by atoms with van der Waals surface area (Å²) in [5, 5.41) is 6.48. The standard InChI is InChI=1S/C20H24N6O2.HI/c1-21-20(23-10-12-28-18-6-4-17(27-2)5-7-18)25-14-16-3-8-19(24-13-16)26-11-9-22-15-26;/h3-9,11,13,15H,10,12,14H2,1-2H3,(H2,21,23,25);1H. The smallest absolute Gasteiger partial charge is 0.191 e. The van der Waals surface area contributed by atoms with Gasteiger partial charge >= 0.3 is 0 Å². The van der Waals surface area contributed by atoms with Gasteiger partial charge in [-0.05, 0) is 35.9 Å². The lowest BCUT2D eigenvalue weighted by atomic mass is 10.3. The average molecular weight is 508 g/mol. The number of methoxy groups -OCH3 is 1. The van der Waals surface area contributed by atoms with Gasteiger partial charge in [0.15, 0.2) is 5.96 Å². The van der Waals surface area contributed by atoms with Crippen LogP contribution in [0.5, 0.6) is 11.5 Å². The summed E-state index contributed by atoms with van der Waals surface area (Å²) in [6, 6.07) is 11.5. The van der Waals surface area contributed by atoms with Crippen molar-refractivity contribution in [3.05, 3.63) is 66.9 Å². The van der Waals surface area contributed by atoms with E-state index >= 15 is 0 Å². The van der Waals surface area contributed by atoms with Gasteiger partial charge in [0.05, 0.1) is 13.7 Å². The molecule has 0 saturated carbocycles. The number of ether oxygens (including phenoxy) is 2. The van der Waals surface area contributed by atoms with Crippen molar-refractivity contribution in [2.75, 3.05) is 27.3 Å². The maximum atomic E-state index is 5.69. The first-order chi connectivity index (χ1) is 13.8. The molecule has 2 N–H and O–H groups in total. The molecule has 2 aromatic heterocycles. The van der Waals surface area contributed by atoms with Crippen molar-refractivity contribution in [1.82, 2.24) is 25.2 Å². The van der Waals surface area contributed by atoms with Crippen molar-refractivity contribution in [2.45, 2.75) is 6.54 Å². The van der Waals surface area contributed by atoms with Crippen LogP contribution in [0.2, 0.25) is 0 Å². The molecule has 3 aromatic rings. The third-order valence-electron chi connectivity index (χ3n) is 3.98. The van der Waals surface area contributed by atoms with Gasteiger partial charge in [-0.15, -0.1) is 24.0 Å². The molecule has 3 rings (SSSR count). The van der Waals surface area contributed by atoms with Crippen LogP contribution in [0.1, 0.15) is 5.56 Å². The van der Waals surface area contributed by atoms with Crippen LogP contribution in [0.25, 0.3) is 5.82 Å². The Morgan fingerprint density at radius 2 is 1.90 bits per heavy atom. The predicted molar refractivity (Wildman–Crippen MR) is 123 cm³/mol. The van der Waals surface area contributed by atoms with Crippen LogP contribution in [-0.2, 0) is 6.54 Å². The Morgan fingerprint density at radius 3 is 2.52 bits per heavy atom. The molecule has 0 amide bonds. The van der Waals surface area contributed by atoms with Crippen LogP contribution in [0, 0.1) is 0 Å². The highest BCUT2D eigenvalue weighted by Crippen LogP contribution is 2.16. The highest BCUT2D eigenvalue weighted by molar-refractivity contribution is 14.0. The van der Waals surface area contributed by atoms with Gasteiger partial charge in [-0.3, -0.25) is 9.56 Å². The summed E-state index contributed by atoms with van der Waals surface area (Å²) in [5.74, 6) is 3.15. The number of rotatable bonds is 8. The summed E-state index contributed by atoms with van der Waals surface area (Å²) >= 11 is 0. The van der Waals surface area contributed by atoms with E-state index in [0.29, 0.717) is 25.7 Å². The summed E-state index contributed by atoms with van der Waals surface area (Å²) in [4.78, 5) is 12.7. The maximum Gasteiger partial charge on any atom is 0.191 e. The van der Waals surface area contributed by atoms with Crippen LogP contribution < -0.4 is 20.1 Å². The molecule has 0 radical (unpaired) electrons. The fourth-order valence-electron chi connectivity index (χ4n) is 2.49. The fraction of sp³-hybridized carbons (Fsp3) is 0.250. The molecule has 9 heteroatoms. The van der Waals surface area contributed by atoms with Crippen molar-refractivity contribution in [3.63, 3.8) is 0 Å². The van der Waals surface area contributed by atoms with Crippen LogP contribution in [0.4, 0.5) is 0 Å². The van der Waals surface area contributed by atoms with E-state index in [1.165, 1.54) is 0 Å². The Morgan fingerprint density at radius 1 is 1.10 bits per heavy atom. The van der Waals surface area contributed by atoms with E-state index in [1.54, 1.807) is 26.7 Å². The number of benzene rings is 1. The minimum Gasteiger partial charge on any atom is -0.497 e. The molecule has 1 aromatic carbocycles. The second-order valence-electron chi connectivity index (χ2n) is 5.87. The van der Waals surface area contributed by atoms with E-state index in [-0.39, 0.29) is 24.0 Å². The predicted octanol–water partition coefficient (Wildman–Crippen LogP) is 2.64. The molecule has 0 fully saturated rings. The number of nitrogens with one attached hydrogen (secondary N) is 2. The van der Waals surface area contributed by atoms with Crippen LogP contribution in [-0.4, -0.2) is 47.8 Å². The zero-order valence-corrected chi connectivity index (χ0v) is 18.7. The lowest BCUT2D eigenvalue weighted by molar-refractivity contribution is 0.321. The van der Waals surface area contributed by atoms with Crippen molar-refractivity contribution in [1.29, 1.82) is 0 Å². The Hall–Kier alpha value is -2.82. The molecule has 0 atom stereocenters. The maximum absolute atomic E-state index is 5.69. The van der Waals surface area contributed by atoms with Gasteiger partial charge in [0.2, 0.25) is 0 Å². The largest absolute Gasteiger partial charge is 0.497 e. The quantitative estimate of drug-likeness (QED) is 0.211. The highest BCUT2D eigenvalue weighted by Gasteiger charge is 2.01. The van der Waals surface area contributed by atoms with Crippen LogP contribution in [0.3, 0.4) is 0 Å². The third-order valence-corrected chi connectivity index (χ3v) is 3.98. The zero-order valence-electron chi connectivity index (χ0n) is 16.4. The normalized spacial score (nSPS) is 10.8. The van der Waals surface area contributed by atoms with Crippen molar-refractivity contribution in [2.24, 2.45) is 4.99 Å². The summed E-state index contributed by atoms with van der Waals surface area (Å²) in [6.07, 6.45) is 7.15. The number of hydrogen-bond donors (Lipinski definition) is 2. The molecule has 154 valence electrons. The van der Waals surface area contributed by atoms with E-state index in [0.717, 1.165) is 22.9 Å². The second kappa shape index (κ2) is 11.9. The minimum absolute atomic E-state index is 0. The average Bonchev–Trinajstić information content (AvgIpc) is 3.29. The number of pyridine rings is 1. The van der Waals surface area contributed by atoms with Gasteiger partial charge < -0.3 is 20.1 Å². The van der Waals surface area contributed by atoms with Crippen molar-refractivity contribution >= 4 is 29.9 Å². The molecule has 0 aliphatic heterocycles. The molecular weight excluding hydrogens is 483 g/mol. The molecule has 0 bridgehead atoms. The van der Waals surface area contributed by atoms with Crippen LogP contribution >= 0.6 is 24.0 Å². The molecule has 0 unspecified atom stereocenters. The van der Waals surface area contributed by atoms with Gasteiger partial charge in [-0.1, -0.05) is 6.07 Å².